The van der Waals surface area contributed by atoms with Gasteiger partial charge < -0.3 is 14.6 Å². The molecular formula is C18H27N3O2. The van der Waals surface area contributed by atoms with Gasteiger partial charge in [0.25, 0.3) is 0 Å². The van der Waals surface area contributed by atoms with Crippen molar-refractivity contribution in [2.75, 3.05) is 6.61 Å². The number of ether oxygens (including phenoxy) is 1. The van der Waals surface area contributed by atoms with Gasteiger partial charge in [0.1, 0.15) is 11.9 Å². The molecule has 2 fully saturated rings. The molecule has 1 aromatic rings. The van der Waals surface area contributed by atoms with Gasteiger partial charge in [-0.1, -0.05) is 25.5 Å². The molecule has 5 heteroatoms. The average Bonchev–Trinajstić information content (AvgIpc) is 2.86. The Morgan fingerprint density at radius 3 is 2.83 bits per heavy atom. The third-order valence-corrected chi connectivity index (χ3v) is 5.24. The van der Waals surface area contributed by atoms with Crippen LogP contribution in [0.4, 0.5) is 0 Å². The van der Waals surface area contributed by atoms with Crippen LogP contribution < -0.4 is 5.32 Å². The highest BCUT2D eigenvalue weighted by atomic mass is 16.5. The van der Waals surface area contributed by atoms with E-state index in [1.54, 1.807) is 6.20 Å². The maximum absolute atomic E-state index is 12.7. The van der Waals surface area contributed by atoms with Crippen molar-refractivity contribution in [1.29, 1.82) is 0 Å². The molecule has 1 aliphatic heterocycles. The van der Waals surface area contributed by atoms with E-state index in [0.717, 1.165) is 12.2 Å². The fourth-order valence-electron chi connectivity index (χ4n) is 3.76. The Balaban J connectivity index is 1.69. The predicted molar refractivity (Wildman–Crippen MR) is 88.6 cm³/mol. The van der Waals surface area contributed by atoms with E-state index in [-0.39, 0.29) is 29.4 Å². The molecule has 0 bridgehead atoms. The number of nitrogens with zero attached hydrogens (tertiary/aromatic N) is 2. The molecule has 3 rings (SSSR count). The molecule has 0 radical (unpaired) electrons. The summed E-state index contributed by atoms with van der Waals surface area (Å²) in [5.41, 5.74) is 1.31. The lowest BCUT2D eigenvalue weighted by molar-refractivity contribution is -0.124. The second-order valence-electron chi connectivity index (χ2n) is 7.66. The van der Waals surface area contributed by atoms with Gasteiger partial charge in [0.15, 0.2) is 0 Å². The number of nitrogens with one attached hydrogen (secondary N) is 1. The van der Waals surface area contributed by atoms with Crippen molar-refractivity contribution in [1.82, 2.24) is 14.9 Å². The van der Waals surface area contributed by atoms with Crippen molar-refractivity contribution >= 4 is 5.91 Å². The van der Waals surface area contributed by atoms with Gasteiger partial charge in [0, 0.05) is 26.0 Å². The van der Waals surface area contributed by atoms with E-state index in [4.69, 9.17) is 4.74 Å². The highest BCUT2D eigenvalue weighted by Gasteiger charge is 2.60. The summed E-state index contributed by atoms with van der Waals surface area (Å²) in [4.78, 5) is 17.1. The molecule has 1 saturated heterocycles. The zero-order chi connectivity index (χ0) is 16.8. The number of hydrogen-bond donors (Lipinski definition) is 1. The molecule has 2 aliphatic rings. The van der Waals surface area contributed by atoms with Crippen LogP contribution >= 0.6 is 0 Å². The first-order chi connectivity index (χ1) is 10.8. The average molecular weight is 317 g/mol. The largest absolute Gasteiger partial charge is 0.368 e. The lowest BCUT2D eigenvalue weighted by Gasteiger charge is -2.20. The molecule has 2 unspecified atom stereocenters. The Labute approximate surface area is 138 Å². The summed E-state index contributed by atoms with van der Waals surface area (Å²) in [7, 11) is 1.96. The van der Waals surface area contributed by atoms with Crippen LogP contribution in [-0.2, 0) is 16.6 Å². The SMILES string of the molecule is CC(C)=CC1C(C(=O)N[C@H]2CCO[C@@H]2c2nccn2C)C1(C)C. The predicted octanol–water partition coefficient (Wildman–Crippen LogP) is 2.60. The Bertz CT molecular complexity index is 628. The highest BCUT2D eigenvalue weighted by molar-refractivity contribution is 5.84. The number of rotatable bonds is 4. The molecular weight excluding hydrogens is 290 g/mol. The molecule has 1 aromatic heterocycles. The molecule has 0 aromatic carbocycles. The second-order valence-corrected chi connectivity index (χ2v) is 7.66. The molecule has 1 N–H and O–H groups in total. The van der Waals surface area contributed by atoms with Gasteiger partial charge in [-0.05, 0) is 31.6 Å². The molecule has 1 amide bonds. The minimum atomic E-state index is -0.150. The fraction of sp³-hybridized carbons (Fsp3) is 0.667. The van der Waals surface area contributed by atoms with Crippen LogP contribution in [0, 0.1) is 17.3 Å². The molecule has 4 atom stereocenters. The minimum Gasteiger partial charge on any atom is -0.368 e. The normalized spacial score (nSPS) is 31.7. The highest BCUT2D eigenvalue weighted by Crippen LogP contribution is 2.59. The lowest BCUT2D eigenvalue weighted by Crippen LogP contribution is -2.39. The number of allylic oxidation sites excluding steroid dienone is 2. The molecule has 2 heterocycles. The van der Waals surface area contributed by atoms with Crippen LogP contribution in [0.15, 0.2) is 24.0 Å². The third-order valence-electron chi connectivity index (χ3n) is 5.24. The molecule has 1 aliphatic carbocycles. The molecule has 1 saturated carbocycles. The Hall–Kier alpha value is -1.62. The summed E-state index contributed by atoms with van der Waals surface area (Å²) in [6.45, 7) is 9.18. The van der Waals surface area contributed by atoms with Crippen molar-refractivity contribution in [2.24, 2.45) is 24.3 Å². The smallest absolute Gasteiger partial charge is 0.224 e. The molecule has 5 nitrogen and oxygen atoms in total. The van der Waals surface area contributed by atoms with Gasteiger partial charge in [-0.15, -0.1) is 0 Å². The van der Waals surface area contributed by atoms with E-state index in [1.807, 2.05) is 17.8 Å². The first-order valence-electron chi connectivity index (χ1n) is 8.36. The van der Waals surface area contributed by atoms with Crippen molar-refractivity contribution in [3.8, 4) is 0 Å². The number of carbonyl (C=O) groups excluding carboxylic acids is 1. The van der Waals surface area contributed by atoms with Crippen LogP contribution in [0.2, 0.25) is 0 Å². The van der Waals surface area contributed by atoms with Gasteiger partial charge in [0.2, 0.25) is 5.91 Å². The van der Waals surface area contributed by atoms with E-state index >= 15 is 0 Å². The summed E-state index contributed by atoms with van der Waals surface area (Å²) in [6.07, 6.45) is 6.59. The van der Waals surface area contributed by atoms with Crippen LogP contribution in [0.25, 0.3) is 0 Å². The number of hydrogen-bond acceptors (Lipinski definition) is 3. The Kier molecular flexibility index (Phi) is 4.08. The van der Waals surface area contributed by atoms with Crippen molar-refractivity contribution in [3.63, 3.8) is 0 Å². The zero-order valence-electron chi connectivity index (χ0n) is 14.7. The summed E-state index contributed by atoms with van der Waals surface area (Å²) in [6, 6.07) is 0.00681. The van der Waals surface area contributed by atoms with E-state index in [2.05, 4.69) is 44.1 Å². The number of imidazole rings is 1. The zero-order valence-corrected chi connectivity index (χ0v) is 14.7. The van der Waals surface area contributed by atoms with E-state index < -0.39 is 0 Å². The maximum Gasteiger partial charge on any atom is 0.224 e. The van der Waals surface area contributed by atoms with Crippen molar-refractivity contribution < 1.29 is 9.53 Å². The van der Waals surface area contributed by atoms with E-state index in [1.165, 1.54) is 5.57 Å². The van der Waals surface area contributed by atoms with Crippen LogP contribution in [0.1, 0.15) is 46.0 Å². The van der Waals surface area contributed by atoms with Crippen LogP contribution in [-0.4, -0.2) is 28.1 Å². The first kappa shape index (κ1) is 16.2. The first-order valence-corrected chi connectivity index (χ1v) is 8.36. The second kappa shape index (κ2) is 5.78. The standard InChI is InChI=1S/C18H27N3O2/c1-11(2)10-12-14(18(12,3)4)17(22)20-13-6-9-23-15(13)16-19-7-8-21(16)5/h7-8,10,12-15H,6,9H2,1-5H3,(H,20,22)/t12?,13-,14?,15-/m0/s1. The van der Waals surface area contributed by atoms with Crippen LogP contribution in [0.5, 0.6) is 0 Å². The van der Waals surface area contributed by atoms with Gasteiger partial charge in [-0.2, -0.15) is 0 Å². The Morgan fingerprint density at radius 1 is 1.48 bits per heavy atom. The van der Waals surface area contributed by atoms with Gasteiger partial charge >= 0.3 is 0 Å². The van der Waals surface area contributed by atoms with Crippen LogP contribution in [0.3, 0.4) is 0 Å². The van der Waals surface area contributed by atoms with Crippen molar-refractivity contribution in [3.05, 3.63) is 29.9 Å². The number of amides is 1. The number of carbonyl (C=O) groups is 1. The van der Waals surface area contributed by atoms with E-state index in [9.17, 15) is 4.79 Å². The third kappa shape index (κ3) is 2.94. The molecule has 126 valence electrons. The van der Waals surface area contributed by atoms with Crippen molar-refractivity contribution in [2.45, 2.75) is 46.3 Å². The minimum absolute atomic E-state index is 0.00681. The Morgan fingerprint density at radius 2 is 2.22 bits per heavy atom. The summed E-state index contributed by atoms with van der Waals surface area (Å²) < 4.78 is 7.79. The maximum atomic E-state index is 12.7. The van der Waals surface area contributed by atoms with Gasteiger partial charge in [0.05, 0.1) is 12.0 Å². The quantitative estimate of drug-likeness (QED) is 0.869. The van der Waals surface area contributed by atoms with Gasteiger partial charge in [-0.3, -0.25) is 4.79 Å². The molecule has 23 heavy (non-hydrogen) atoms. The number of aryl methyl sites for hydroxylation is 1. The molecule has 0 spiro atoms. The topological polar surface area (TPSA) is 56.1 Å². The lowest BCUT2D eigenvalue weighted by atomic mass is 10.1. The van der Waals surface area contributed by atoms with E-state index in [0.29, 0.717) is 12.5 Å². The fourth-order valence-corrected chi connectivity index (χ4v) is 3.76. The number of aromatic nitrogens is 2. The summed E-state index contributed by atoms with van der Waals surface area (Å²) >= 11 is 0. The van der Waals surface area contributed by atoms with Gasteiger partial charge in [-0.25, -0.2) is 4.98 Å². The summed E-state index contributed by atoms with van der Waals surface area (Å²) in [5.74, 6) is 1.41. The summed E-state index contributed by atoms with van der Waals surface area (Å²) in [5, 5.41) is 3.22. The monoisotopic (exact) mass is 317 g/mol.